The Morgan fingerprint density at radius 1 is 1.27 bits per heavy atom. The van der Waals surface area contributed by atoms with Crippen molar-refractivity contribution < 1.29 is 9.59 Å². The van der Waals surface area contributed by atoms with Gasteiger partial charge in [0.2, 0.25) is 5.91 Å². The summed E-state index contributed by atoms with van der Waals surface area (Å²) in [6, 6.07) is 13.2. The predicted molar refractivity (Wildman–Crippen MR) is 123 cm³/mol. The fourth-order valence-corrected chi connectivity index (χ4v) is 4.71. The van der Waals surface area contributed by atoms with Crippen molar-refractivity contribution in [2.75, 3.05) is 10.2 Å². The summed E-state index contributed by atoms with van der Waals surface area (Å²) in [7, 11) is 0. The maximum atomic E-state index is 12.5. The number of aromatic nitrogens is 1. The zero-order chi connectivity index (χ0) is 21.3. The van der Waals surface area contributed by atoms with Crippen LogP contribution in [0.1, 0.15) is 42.6 Å². The van der Waals surface area contributed by atoms with Gasteiger partial charge in [-0.25, -0.2) is 4.98 Å². The number of thiazole rings is 1. The van der Waals surface area contributed by atoms with E-state index in [1.807, 2.05) is 29.3 Å². The summed E-state index contributed by atoms with van der Waals surface area (Å²) in [6.45, 7) is 4.10. The molecular weight excluding hydrogens is 418 g/mol. The number of halogens is 1. The minimum absolute atomic E-state index is 0.162. The molecule has 0 aliphatic carbocycles. The summed E-state index contributed by atoms with van der Waals surface area (Å²) < 4.78 is 0. The molecule has 0 saturated carbocycles. The summed E-state index contributed by atoms with van der Waals surface area (Å²) in [6.07, 6.45) is 2.24. The van der Waals surface area contributed by atoms with E-state index >= 15 is 0 Å². The third-order valence-corrected chi connectivity index (χ3v) is 6.25. The molecule has 2 aromatic carbocycles. The van der Waals surface area contributed by atoms with E-state index in [-0.39, 0.29) is 17.9 Å². The van der Waals surface area contributed by atoms with Crippen LogP contribution in [0.3, 0.4) is 0 Å². The van der Waals surface area contributed by atoms with E-state index in [2.05, 4.69) is 23.3 Å². The number of nitrogens with zero attached hydrogens (tertiary/aromatic N) is 2. The van der Waals surface area contributed by atoms with Gasteiger partial charge in [-0.1, -0.05) is 36.7 Å². The molecular formula is C23H22ClN3O2S. The summed E-state index contributed by atoms with van der Waals surface area (Å²) in [4.78, 5) is 31.4. The van der Waals surface area contributed by atoms with Crippen LogP contribution in [0.5, 0.6) is 0 Å². The van der Waals surface area contributed by atoms with Crippen LogP contribution in [0.25, 0.3) is 11.3 Å². The number of benzene rings is 2. The lowest BCUT2D eigenvalue weighted by molar-refractivity contribution is -0.118. The van der Waals surface area contributed by atoms with Gasteiger partial charge < -0.3 is 4.90 Å². The lowest BCUT2D eigenvalue weighted by Crippen LogP contribution is -2.35. The summed E-state index contributed by atoms with van der Waals surface area (Å²) >= 11 is 7.47. The first kappa shape index (κ1) is 20.6. The molecule has 4 rings (SSSR count). The van der Waals surface area contributed by atoms with Crippen molar-refractivity contribution in [2.24, 2.45) is 0 Å². The summed E-state index contributed by atoms with van der Waals surface area (Å²) in [5.74, 6) is -0.107. The Bertz CT molecular complexity index is 1110. The first-order valence-corrected chi connectivity index (χ1v) is 11.2. The first-order valence-electron chi connectivity index (χ1n) is 9.94. The minimum atomic E-state index is -0.283. The summed E-state index contributed by atoms with van der Waals surface area (Å²) in [5.41, 5.74) is 4.33. The van der Waals surface area contributed by atoms with Crippen molar-refractivity contribution in [3.8, 4) is 11.3 Å². The highest BCUT2D eigenvalue weighted by atomic mass is 35.5. The van der Waals surface area contributed by atoms with Crippen LogP contribution in [0, 0.1) is 0 Å². The standard InChI is InChI=1S/C23H22ClN3O2S/c1-3-6-21(28)27-14(2)11-16-12-15(9-10-20(16)27)19-13-30-23(25-19)26-22(29)17-7-4-5-8-18(17)24/h4-5,7-10,12-14H,3,6,11H2,1-2H3,(H,25,26,29)/t14-/m1/s1. The fourth-order valence-electron chi connectivity index (χ4n) is 3.78. The van der Waals surface area contributed by atoms with E-state index in [4.69, 9.17) is 11.6 Å². The second kappa shape index (κ2) is 8.58. The van der Waals surface area contributed by atoms with Crippen LogP contribution in [0.2, 0.25) is 5.02 Å². The van der Waals surface area contributed by atoms with Gasteiger partial charge in [-0.3, -0.25) is 14.9 Å². The van der Waals surface area contributed by atoms with Gasteiger partial charge in [0.05, 0.1) is 16.3 Å². The zero-order valence-corrected chi connectivity index (χ0v) is 18.4. The van der Waals surface area contributed by atoms with E-state index < -0.39 is 0 Å². The van der Waals surface area contributed by atoms with Gasteiger partial charge in [0.15, 0.2) is 5.13 Å². The Morgan fingerprint density at radius 2 is 2.07 bits per heavy atom. The third kappa shape index (κ3) is 3.98. The van der Waals surface area contributed by atoms with Crippen LogP contribution in [0.15, 0.2) is 47.8 Å². The molecule has 5 nitrogen and oxygen atoms in total. The number of amides is 2. The van der Waals surface area contributed by atoms with Crippen LogP contribution in [-0.4, -0.2) is 22.8 Å². The van der Waals surface area contributed by atoms with Gasteiger partial charge in [0.25, 0.3) is 5.91 Å². The predicted octanol–water partition coefficient (Wildman–Crippen LogP) is 5.79. The molecule has 1 N–H and O–H groups in total. The monoisotopic (exact) mass is 439 g/mol. The number of nitrogens with one attached hydrogen (secondary N) is 1. The molecule has 30 heavy (non-hydrogen) atoms. The van der Waals surface area contributed by atoms with Crippen LogP contribution in [0.4, 0.5) is 10.8 Å². The first-order chi connectivity index (χ1) is 14.5. The molecule has 0 saturated heterocycles. The Balaban J connectivity index is 1.53. The molecule has 0 spiro atoms. The van der Waals surface area contributed by atoms with Crippen molar-refractivity contribution in [3.63, 3.8) is 0 Å². The third-order valence-electron chi connectivity index (χ3n) is 5.17. The van der Waals surface area contributed by atoms with E-state index in [0.717, 1.165) is 35.3 Å². The molecule has 1 aliphatic rings. The molecule has 1 atom stereocenters. The van der Waals surface area contributed by atoms with Gasteiger partial charge >= 0.3 is 0 Å². The smallest absolute Gasteiger partial charge is 0.258 e. The van der Waals surface area contributed by atoms with E-state index in [1.54, 1.807) is 24.3 Å². The van der Waals surface area contributed by atoms with Gasteiger partial charge in [0.1, 0.15) is 0 Å². The average molecular weight is 440 g/mol. The quantitative estimate of drug-likeness (QED) is 0.547. The molecule has 7 heteroatoms. The molecule has 0 unspecified atom stereocenters. The van der Waals surface area contributed by atoms with Crippen molar-refractivity contribution in [1.82, 2.24) is 4.98 Å². The minimum Gasteiger partial charge on any atom is -0.309 e. The lowest BCUT2D eigenvalue weighted by atomic mass is 10.1. The average Bonchev–Trinajstić information content (AvgIpc) is 3.31. The van der Waals surface area contributed by atoms with E-state index in [0.29, 0.717) is 22.1 Å². The Hall–Kier alpha value is -2.70. The largest absolute Gasteiger partial charge is 0.309 e. The van der Waals surface area contributed by atoms with Gasteiger partial charge in [-0.15, -0.1) is 11.3 Å². The highest BCUT2D eigenvalue weighted by Crippen LogP contribution is 2.36. The maximum absolute atomic E-state index is 12.5. The Morgan fingerprint density at radius 3 is 2.83 bits per heavy atom. The van der Waals surface area contributed by atoms with Gasteiger partial charge in [0, 0.05) is 29.1 Å². The molecule has 154 valence electrons. The molecule has 2 heterocycles. The number of fused-ring (bicyclic) bond motifs is 1. The molecule has 1 aliphatic heterocycles. The summed E-state index contributed by atoms with van der Waals surface area (Å²) in [5, 5.41) is 5.66. The number of carbonyl (C=O) groups is 2. The highest BCUT2D eigenvalue weighted by Gasteiger charge is 2.30. The molecule has 1 aromatic heterocycles. The maximum Gasteiger partial charge on any atom is 0.258 e. The molecule has 0 fully saturated rings. The molecule has 0 radical (unpaired) electrons. The lowest BCUT2D eigenvalue weighted by Gasteiger charge is -2.22. The second-order valence-corrected chi connectivity index (χ2v) is 8.65. The second-order valence-electron chi connectivity index (χ2n) is 7.38. The van der Waals surface area contributed by atoms with Crippen molar-refractivity contribution >= 4 is 45.6 Å². The van der Waals surface area contributed by atoms with Crippen molar-refractivity contribution in [1.29, 1.82) is 0 Å². The van der Waals surface area contributed by atoms with E-state index in [1.165, 1.54) is 11.3 Å². The molecule has 3 aromatic rings. The van der Waals surface area contributed by atoms with Crippen molar-refractivity contribution in [3.05, 3.63) is 64.0 Å². The number of anilines is 2. The normalized spacial score (nSPS) is 15.2. The number of carbonyl (C=O) groups excluding carboxylic acids is 2. The number of rotatable bonds is 5. The number of hydrogen-bond donors (Lipinski definition) is 1. The molecule has 2 amide bonds. The SMILES string of the molecule is CCCC(=O)N1c2ccc(-c3csc(NC(=O)c4ccccc4Cl)n3)cc2C[C@H]1C. The van der Waals surface area contributed by atoms with E-state index in [9.17, 15) is 9.59 Å². The fraction of sp³-hybridized carbons (Fsp3) is 0.261. The molecule has 0 bridgehead atoms. The topological polar surface area (TPSA) is 62.3 Å². The van der Waals surface area contributed by atoms with Crippen LogP contribution >= 0.6 is 22.9 Å². The Labute approximate surface area is 184 Å². The number of hydrogen-bond acceptors (Lipinski definition) is 4. The van der Waals surface area contributed by atoms with Crippen LogP contribution < -0.4 is 10.2 Å². The van der Waals surface area contributed by atoms with Crippen LogP contribution in [-0.2, 0) is 11.2 Å². The zero-order valence-electron chi connectivity index (χ0n) is 16.8. The van der Waals surface area contributed by atoms with Crippen molar-refractivity contribution in [2.45, 2.75) is 39.2 Å². The Kier molecular flexibility index (Phi) is 5.88. The highest BCUT2D eigenvalue weighted by molar-refractivity contribution is 7.14. The van der Waals surface area contributed by atoms with Gasteiger partial charge in [-0.05, 0) is 49.6 Å². The van der Waals surface area contributed by atoms with Gasteiger partial charge in [-0.2, -0.15) is 0 Å².